The molecule has 0 bridgehead atoms. The van der Waals surface area contributed by atoms with Gasteiger partial charge in [-0.2, -0.15) is 0 Å². The van der Waals surface area contributed by atoms with Crippen LogP contribution in [0, 0.1) is 0 Å². The normalized spacial score (nSPS) is 12.5. The van der Waals surface area contributed by atoms with Crippen LogP contribution in [-0.4, -0.2) is 12.0 Å². The van der Waals surface area contributed by atoms with E-state index in [1.165, 1.54) is 21.7 Å². The molecular weight excluding hydrogens is 254 g/mol. The Balaban J connectivity index is 2.06. The molecule has 3 nitrogen and oxygen atoms in total. The number of nitrogens with zero attached hydrogens (tertiary/aromatic N) is 1. The molecule has 2 N–H and O–H groups in total. The Kier molecular flexibility index (Phi) is 3.03. The molecule has 1 aromatic carbocycles. The maximum absolute atomic E-state index is 4.67. The van der Waals surface area contributed by atoms with Crippen LogP contribution in [-0.2, 0) is 12.8 Å². The van der Waals surface area contributed by atoms with Gasteiger partial charge in [0.25, 0.3) is 0 Å². The number of aryl methyl sites for hydroxylation is 2. The van der Waals surface area contributed by atoms with Gasteiger partial charge in [0.15, 0.2) is 5.13 Å². The van der Waals surface area contributed by atoms with Crippen LogP contribution >= 0.6 is 11.3 Å². The van der Waals surface area contributed by atoms with Gasteiger partial charge in [0.1, 0.15) is 0 Å². The lowest BCUT2D eigenvalue weighted by Gasteiger charge is -2.16. The van der Waals surface area contributed by atoms with Gasteiger partial charge in [-0.1, -0.05) is 24.0 Å². The summed E-state index contributed by atoms with van der Waals surface area (Å²) in [4.78, 5) is 5.97. The van der Waals surface area contributed by atoms with Crippen molar-refractivity contribution in [1.29, 1.82) is 0 Å². The van der Waals surface area contributed by atoms with E-state index in [1.807, 2.05) is 14.0 Å². The zero-order valence-corrected chi connectivity index (χ0v) is 12.0. The molecule has 98 valence electrons. The summed E-state index contributed by atoms with van der Waals surface area (Å²) in [5, 5.41) is 7.36. The van der Waals surface area contributed by atoms with Gasteiger partial charge in [-0.25, -0.2) is 4.98 Å². The Labute approximate surface area is 117 Å². The highest BCUT2D eigenvalue weighted by molar-refractivity contribution is 7.19. The summed E-state index contributed by atoms with van der Waals surface area (Å²) < 4.78 is 0. The van der Waals surface area contributed by atoms with Gasteiger partial charge in [0.05, 0.1) is 10.6 Å². The van der Waals surface area contributed by atoms with E-state index in [0.717, 1.165) is 29.4 Å². The average molecular weight is 271 g/mol. The van der Waals surface area contributed by atoms with Gasteiger partial charge in [0, 0.05) is 18.4 Å². The number of rotatable bonds is 3. The molecule has 0 spiro atoms. The molecule has 0 saturated heterocycles. The van der Waals surface area contributed by atoms with Crippen molar-refractivity contribution in [1.82, 2.24) is 4.98 Å². The second-order valence-electron chi connectivity index (χ2n) is 4.82. The molecule has 0 saturated carbocycles. The summed E-state index contributed by atoms with van der Waals surface area (Å²) in [6.45, 7) is 5.83. The number of nitrogens with one attached hydrogen (secondary N) is 2. The largest absolute Gasteiger partial charge is 0.388 e. The number of thiazole rings is 1. The molecule has 2 aromatic rings. The third-order valence-electron chi connectivity index (χ3n) is 3.29. The fourth-order valence-corrected chi connectivity index (χ4v) is 3.52. The Morgan fingerprint density at radius 2 is 2.21 bits per heavy atom. The Morgan fingerprint density at radius 3 is 2.95 bits per heavy atom. The van der Waals surface area contributed by atoms with E-state index in [9.17, 15) is 0 Å². The van der Waals surface area contributed by atoms with Gasteiger partial charge in [-0.05, 0) is 43.0 Å². The maximum atomic E-state index is 4.67. The number of hydrogen-bond acceptors (Lipinski definition) is 4. The molecule has 0 fully saturated rings. The minimum absolute atomic E-state index is 0.926. The maximum Gasteiger partial charge on any atom is 0.187 e. The highest BCUT2D eigenvalue weighted by atomic mass is 32.1. The summed E-state index contributed by atoms with van der Waals surface area (Å²) in [7, 11) is 1.95. The summed E-state index contributed by atoms with van der Waals surface area (Å²) in [5.74, 6) is 0. The second kappa shape index (κ2) is 4.70. The predicted octanol–water partition coefficient (Wildman–Crippen LogP) is 3.90. The van der Waals surface area contributed by atoms with E-state index in [0.29, 0.717) is 0 Å². The first-order valence-electron chi connectivity index (χ1n) is 6.40. The van der Waals surface area contributed by atoms with Crippen LogP contribution in [0.4, 0.5) is 10.8 Å². The zero-order valence-electron chi connectivity index (χ0n) is 11.2. The number of anilines is 2. The fraction of sp³-hybridized carbons (Fsp3) is 0.267. The topological polar surface area (TPSA) is 37.0 Å². The predicted molar refractivity (Wildman–Crippen MR) is 82.9 cm³/mol. The van der Waals surface area contributed by atoms with E-state index in [2.05, 4.69) is 40.4 Å². The van der Waals surface area contributed by atoms with E-state index < -0.39 is 0 Å². The van der Waals surface area contributed by atoms with Gasteiger partial charge in [0.2, 0.25) is 0 Å². The van der Waals surface area contributed by atoms with Crippen LogP contribution in [0.15, 0.2) is 30.5 Å². The molecule has 0 aliphatic heterocycles. The summed E-state index contributed by atoms with van der Waals surface area (Å²) >= 11 is 1.71. The monoisotopic (exact) mass is 271 g/mol. The first kappa shape index (κ1) is 12.2. The smallest absolute Gasteiger partial charge is 0.187 e. The van der Waals surface area contributed by atoms with Crippen LogP contribution in [0.2, 0.25) is 0 Å². The molecule has 3 rings (SSSR count). The number of benzene rings is 1. The van der Waals surface area contributed by atoms with E-state index in [1.54, 1.807) is 11.3 Å². The molecule has 1 aromatic heterocycles. The highest BCUT2D eigenvalue weighted by Gasteiger charge is 2.21. The Hall–Kier alpha value is -1.81. The van der Waals surface area contributed by atoms with E-state index in [4.69, 9.17) is 0 Å². The highest BCUT2D eigenvalue weighted by Crippen LogP contribution is 2.40. The van der Waals surface area contributed by atoms with Crippen molar-refractivity contribution in [2.75, 3.05) is 17.7 Å². The number of aromatic nitrogens is 1. The van der Waals surface area contributed by atoms with Gasteiger partial charge in [-0.3, -0.25) is 0 Å². The zero-order chi connectivity index (χ0) is 13.4. The molecule has 0 atom stereocenters. The molecule has 1 heterocycles. The SMILES string of the molecule is C=C(C)Nc1nc2c(s1)-c1cc(NC)ccc1CC2. The van der Waals surface area contributed by atoms with Crippen LogP contribution in [0.3, 0.4) is 0 Å². The van der Waals surface area contributed by atoms with Crippen molar-refractivity contribution in [2.24, 2.45) is 0 Å². The van der Waals surface area contributed by atoms with Crippen molar-refractivity contribution in [3.05, 3.63) is 41.7 Å². The summed E-state index contributed by atoms with van der Waals surface area (Å²) in [6.07, 6.45) is 2.10. The van der Waals surface area contributed by atoms with Crippen molar-refractivity contribution in [3.63, 3.8) is 0 Å². The minimum atomic E-state index is 0.926. The first-order valence-corrected chi connectivity index (χ1v) is 7.22. The van der Waals surface area contributed by atoms with Crippen LogP contribution in [0.1, 0.15) is 18.2 Å². The molecule has 0 radical (unpaired) electrons. The molecule has 1 aliphatic carbocycles. The third kappa shape index (κ3) is 2.24. The standard InChI is InChI=1S/C15H17N3S/c1-9(2)17-15-18-13-7-5-10-4-6-11(16-3)8-12(10)14(13)19-15/h4,6,8,16H,1,5,7H2,2-3H3,(H,17,18). The molecular formula is C15H17N3S. The molecule has 4 heteroatoms. The van der Waals surface area contributed by atoms with Gasteiger partial charge >= 0.3 is 0 Å². The van der Waals surface area contributed by atoms with Crippen molar-refractivity contribution in [3.8, 4) is 10.4 Å². The van der Waals surface area contributed by atoms with Gasteiger partial charge in [-0.15, -0.1) is 0 Å². The van der Waals surface area contributed by atoms with Gasteiger partial charge < -0.3 is 10.6 Å². The number of hydrogen-bond donors (Lipinski definition) is 2. The Bertz CT molecular complexity index is 643. The second-order valence-corrected chi connectivity index (χ2v) is 5.82. The van der Waals surface area contributed by atoms with Crippen molar-refractivity contribution >= 4 is 22.2 Å². The molecule has 1 aliphatic rings. The van der Waals surface area contributed by atoms with E-state index in [-0.39, 0.29) is 0 Å². The summed E-state index contributed by atoms with van der Waals surface area (Å²) in [6, 6.07) is 6.57. The molecule has 0 unspecified atom stereocenters. The fourth-order valence-electron chi connectivity index (χ4n) is 2.38. The quantitative estimate of drug-likeness (QED) is 0.889. The first-order chi connectivity index (χ1) is 9.17. The van der Waals surface area contributed by atoms with Crippen LogP contribution in [0.25, 0.3) is 10.4 Å². The lowest BCUT2D eigenvalue weighted by Crippen LogP contribution is -2.03. The van der Waals surface area contributed by atoms with Crippen LogP contribution < -0.4 is 10.6 Å². The molecule has 0 amide bonds. The van der Waals surface area contributed by atoms with E-state index >= 15 is 0 Å². The lowest BCUT2D eigenvalue weighted by atomic mass is 9.93. The number of fused-ring (bicyclic) bond motifs is 3. The van der Waals surface area contributed by atoms with Crippen LogP contribution in [0.5, 0.6) is 0 Å². The third-order valence-corrected chi connectivity index (χ3v) is 4.34. The van der Waals surface area contributed by atoms with Crippen molar-refractivity contribution in [2.45, 2.75) is 19.8 Å². The minimum Gasteiger partial charge on any atom is -0.388 e. The van der Waals surface area contributed by atoms with Crippen molar-refractivity contribution < 1.29 is 0 Å². The molecule has 19 heavy (non-hydrogen) atoms. The lowest BCUT2D eigenvalue weighted by molar-refractivity contribution is 0.911. The Morgan fingerprint density at radius 1 is 1.37 bits per heavy atom. The summed E-state index contributed by atoms with van der Waals surface area (Å²) in [5.41, 5.74) is 6.01. The average Bonchev–Trinajstić information content (AvgIpc) is 2.80. The number of allylic oxidation sites excluding steroid dienone is 1.